The van der Waals surface area contributed by atoms with E-state index in [2.05, 4.69) is 4.99 Å². The maximum atomic E-state index is 12.8. The fourth-order valence-corrected chi connectivity index (χ4v) is 2.37. The summed E-state index contributed by atoms with van der Waals surface area (Å²) in [4.78, 5) is 3.87. The molecule has 0 spiro atoms. The van der Waals surface area contributed by atoms with Crippen molar-refractivity contribution in [2.45, 2.75) is 6.18 Å². The zero-order chi connectivity index (χ0) is 16.5. The van der Waals surface area contributed by atoms with E-state index >= 15 is 0 Å². The molecule has 0 bridgehead atoms. The SMILES string of the molecule is Oc1c(Cl)cc(Cl)cc1C=Nc1ccc(Cl)c(C(F)(F)F)c1. The first-order valence-electron chi connectivity index (χ1n) is 5.77. The normalized spacial score (nSPS) is 12.1. The first kappa shape index (κ1) is 16.9. The fraction of sp³-hybridized carbons (Fsp3) is 0.0714. The molecule has 1 N–H and O–H groups in total. The highest BCUT2D eigenvalue weighted by Gasteiger charge is 2.33. The molecule has 0 aliphatic carbocycles. The minimum Gasteiger partial charge on any atom is -0.506 e. The van der Waals surface area contributed by atoms with Crippen molar-refractivity contribution in [2.24, 2.45) is 4.99 Å². The van der Waals surface area contributed by atoms with Crippen molar-refractivity contribution in [1.29, 1.82) is 0 Å². The molecule has 8 heteroatoms. The average molecular weight is 369 g/mol. The van der Waals surface area contributed by atoms with Gasteiger partial charge in [-0.2, -0.15) is 13.2 Å². The number of alkyl halides is 3. The van der Waals surface area contributed by atoms with E-state index in [-0.39, 0.29) is 27.0 Å². The second-order valence-electron chi connectivity index (χ2n) is 4.25. The van der Waals surface area contributed by atoms with Gasteiger partial charge in [0.15, 0.2) is 0 Å². The Balaban J connectivity index is 2.40. The lowest BCUT2D eigenvalue weighted by Gasteiger charge is -2.09. The van der Waals surface area contributed by atoms with Crippen molar-refractivity contribution < 1.29 is 18.3 Å². The molecular formula is C14H7Cl3F3NO. The molecule has 0 aliphatic rings. The number of hydrogen-bond acceptors (Lipinski definition) is 2. The zero-order valence-electron chi connectivity index (χ0n) is 10.6. The molecule has 0 saturated carbocycles. The van der Waals surface area contributed by atoms with Crippen molar-refractivity contribution in [2.75, 3.05) is 0 Å². The Morgan fingerprint density at radius 2 is 1.68 bits per heavy atom. The number of nitrogens with zero attached hydrogens (tertiary/aromatic N) is 1. The summed E-state index contributed by atoms with van der Waals surface area (Å²) in [5.74, 6) is -0.264. The van der Waals surface area contributed by atoms with Gasteiger partial charge in [0.25, 0.3) is 0 Å². The molecule has 2 nitrogen and oxygen atoms in total. The van der Waals surface area contributed by atoms with E-state index in [4.69, 9.17) is 34.8 Å². The highest BCUT2D eigenvalue weighted by Crippen LogP contribution is 2.37. The van der Waals surface area contributed by atoms with Crippen LogP contribution in [0.15, 0.2) is 35.3 Å². The van der Waals surface area contributed by atoms with Crippen molar-refractivity contribution >= 4 is 46.7 Å². The van der Waals surface area contributed by atoms with Gasteiger partial charge in [0.1, 0.15) is 5.75 Å². The van der Waals surface area contributed by atoms with Gasteiger partial charge >= 0.3 is 6.18 Å². The Hall–Kier alpha value is -1.43. The largest absolute Gasteiger partial charge is 0.506 e. The smallest absolute Gasteiger partial charge is 0.417 e. The molecule has 0 atom stereocenters. The number of rotatable bonds is 2. The number of phenols is 1. The molecule has 116 valence electrons. The first-order chi connectivity index (χ1) is 10.2. The van der Waals surface area contributed by atoms with Crippen molar-refractivity contribution in [3.63, 3.8) is 0 Å². The van der Waals surface area contributed by atoms with Crippen LogP contribution in [-0.4, -0.2) is 11.3 Å². The molecule has 0 amide bonds. The van der Waals surface area contributed by atoms with Crippen LogP contribution < -0.4 is 0 Å². The van der Waals surface area contributed by atoms with Crippen LogP contribution in [0.2, 0.25) is 15.1 Å². The number of hydrogen-bond donors (Lipinski definition) is 1. The van der Waals surface area contributed by atoms with Crippen LogP contribution in [-0.2, 0) is 6.18 Å². The van der Waals surface area contributed by atoms with E-state index in [1.54, 1.807) is 0 Å². The Kier molecular flexibility index (Phi) is 4.90. The number of aliphatic imine (C=N–C) groups is 1. The van der Waals surface area contributed by atoms with Crippen LogP contribution in [0.4, 0.5) is 18.9 Å². The van der Waals surface area contributed by atoms with Crippen LogP contribution in [0.3, 0.4) is 0 Å². The second-order valence-corrected chi connectivity index (χ2v) is 5.50. The van der Waals surface area contributed by atoms with Gasteiger partial charge in [-0.05, 0) is 30.3 Å². The van der Waals surface area contributed by atoms with Gasteiger partial charge in [-0.3, -0.25) is 4.99 Å². The quantitative estimate of drug-likeness (QED) is 0.636. The third-order valence-electron chi connectivity index (χ3n) is 2.67. The summed E-state index contributed by atoms with van der Waals surface area (Å²) < 4.78 is 38.3. The summed E-state index contributed by atoms with van der Waals surface area (Å²) in [5, 5.41) is 9.60. The van der Waals surface area contributed by atoms with Gasteiger partial charge in [0, 0.05) is 16.8 Å². The lowest BCUT2D eigenvalue weighted by molar-refractivity contribution is -0.137. The number of benzene rings is 2. The molecular weight excluding hydrogens is 362 g/mol. The Morgan fingerprint density at radius 1 is 1.00 bits per heavy atom. The molecule has 0 saturated heterocycles. The van der Waals surface area contributed by atoms with E-state index in [9.17, 15) is 18.3 Å². The lowest BCUT2D eigenvalue weighted by atomic mass is 10.2. The maximum Gasteiger partial charge on any atom is 0.417 e. The lowest BCUT2D eigenvalue weighted by Crippen LogP contribution is -2.05. The monoisotopic (exact) mass is 367 g/mol. The number of phenolic OH excluding ortho intramolecular Hbond substituents is 1. The Morgan fingerprint density at radius 3 is 2.32 bits per heavy atom. The summed E-state index contributed by atoms with van der Waals surface area (Å²) in [5.41, 5.74) is -0.787. The van der Waals surface area contributed by atoms with Crippen LogP contribution in [0, 0.1) is 0 Å². The van der Waals surface area contributed by atoms with E-state index in [0.717, 1.165) is 18.3 Å². The summed E-state index contributed by atoms with van der Waals surface area (Å²) in [6, 6.07) is 5.94. The number of aromatic hydroxyl groups is 1. The van der Waals surface area contributed by atoms with Crippen LogP contribution >= 0.6 is 34.8 Å². The van der Waals surface area contributed by atoms with Crippen molar-refractivity contribution in [1.82, 2.24) is 0 Å². The van der Waals surface area contributed by atoms with Gasteiger partial charge < -0.3 is 5.11 Å². The molecule has 0 fully saturated rings. The third-order valence-corrected chi connectivity index (χ3v) is 3.50. The standard InChI is InChI=1S/C14H7Cl3F3NO/c15-8-3-7(13(22)12(17)4-8)6-21-9-1-2-11(16)10(5-9)14(18,19)20/h1-6,22H. The van der Waals surface area contributed by atoms with E-state index < -0.39 is 16.8 Å². The topological polar surface area (TPSA) is 32.6 Å². The van der Waals surface area contributed by atoms with Gasteiger partial charge in [0.05, 0.1) is 21.3 Å². The van der Waals surface area contributed by atoms with Gasteiger partial charge in [-0.25, -0.2) is 0 Å². The van der Waals surface area contributed by atoms with Crippen LogP contribution in [0.25, 0.3) is 0 Å². The van der Waals surface area contributed by atoms with Gasteiger partial charge in [-0.1, -0.05) is 34.8 Å². The molecule has 22 heavy (non-hydrogen) atoms. The van der Waals surface area contributed by atoms with Gasteiger partial charge in [-0.15, -0.1) is 0 Å². The molecule has 2 aromatic carbocycles. The predicted octanol–water partition coefficient (Wildman–Crippen LogP) is 6.12. The van der Waals surface area contributed by atoms with Crippen molar-refractivity contribution in [3.8, 4) is 5.75 Å². The third kappa shape index (κ3) is 3.85. The summed E-state index contributed by atoms with van der Waals surface area (Å²) in [7, 11) is 0. The first-order valence-corrected chi connectivity index (χ1v) is 6.90. The Labute approximate surface area is 138 Å². The summed E-state index contributed by atoms with van der Waals surface area (Å²) in [6.07, 6.45) is -3.42. The number of halogens is 6. The van der Waals surface area contributed by atoms with E-state index in [0.29, 0.717) is 0 Å². The molecule has 2 rings (SSSR count). The minimum absolute atomic E-state index is 0.0148. The highest BCUT2D eigenvalue weighted by molar-refractivity contribution is 6.36. The molecule has 0 heterocycles. The summed E-state index contributed by atoms with van der Waals surface area (Å²) >= 11 is 17.0. The molecule has 0 unspecified atom stereocenters. The maximum absolute atomic E-state index is 12.8. The molecule has 0 aliphatic heterocycles. The highest BCUT2D eigenvalue weighted by atomic mass is 35.5. The summed E-state index contributed by atoms with van der Waals surface area (Å²) in [6.45, 7) is 0. The molecule has 2 aromatic rings. The second kappa shape index (κ2) is 6.36. The van der Waals surface area contributed by atoms with Crippen LogP contribution in [0.5, 0.6) is 5.75 Å². The molecule has 0 aromatic heterocycles. The predicted molar refractivity (Wildman–Crippen MR) is 81.8 cm³/mol. The van der Waals surface area contributed by atoms with Gasteiger partial charge in [0.2, 0.25) is 0 Å². The van der Waals surface area contributed by atoms with E-state index in [1.165, 1.54) is 18.2 Å². The minimum atomic E-state index is -4.58. The zero-order valence-corrected chi connectivity index (χ0v) is 12.9. The van der Waals surface area contributed by atoms with Crippen LogP contribution in [0.1, 0.15) is 11.1 Å². The van der Waals surface area contributed by atoms with E-state index in [1.807, 2.05) is 0 Å². The van der Waals surface area contributed by atoms with Crippen molar-refractivity contribution in [3.05, 3.63) is 56.5 Å². The Bertz CT molecular complexity index is 745. The fourth-order valence-electron chi connectivity index (χ4n) is 1.64. The molecule has 0 radical (unpaired) electrons. The average Bonchev–Trinajstić information content (AvgIpc) is 2.41.